The highest BCUT2D eigenvalue weighted by atomic mass is 19.1. The van der Waals surface area contributed by atoms with Crippen molar-refractivity contribution in [3.63, 3.8) is 0 Å². The molecule has 1 amide bonds. The van der Waals surface area contributed by atoms with Gasteiger partial charge in [0.05, 0.1) is 18.8 Å². The first-order valence-corrected chi connectivity index (χ1v) is 10.6. The van der Waals surface area contributed by atoms with Crippen molar-refractivity contribution >= 4 is 11.7 Å². The van der Waals surface area contributed by atoms with Crippen LogP contribution in [-0.2, 0) is 13.1 Å². The second-order valence-electron chi connectivity index (χ2n) is 8.31. The first kappa shape index (κ1) is 20.1. The number of aryl methyl sites for hydroxylation is 3. The van der Waals surface area contributed by atoms with Crippen LogP contribution in [0.2, 0.25) is 0 Å². The van der Waals surface area contributed by atoms with Gasteiger partial charge in [0, 0.05) is 23.5 Å². The number of pyridine rings is 1. The van der Waals surface area contributed by atoms with Crippen molar-refractivity contribution < 1.29 is 9.18 Å². The van der Waals surface area contributed by atoms with E-state index < -0.39 is 5.82 Å². The zero-order valence-electron chi connectivity index (χ0n) is 18.3. The number of benzene rings is 2. The maximum Gasteiger partial charge on any atom is 0.260 e. The highest BCUT2D eigenvalue weighted by Crippen LogP contribution is 2.36. The molecule has 1 aliphatic rings. The van der Waals surface area contributed by atoms with E-state index in [4.69, 9.17) is 0 Å². The molecule has 3 heterocycles. The summed E-state index contributed by atoms with van der Waals surface area (Å²) in [5.41, 5.74) is 7.31. The number of halogens is 1. The number of hydrogen-bond donors (Lipinski definition) is 0. The maximum absolute atomic E-state index is 14.0. The summed E-state index contributed by atoms with van der Waals surface area (Å²) >= 11 is 0. The third kappa shape index (κ3) is 3.38. The molecule has 0 aliphatic carbocycles. The molecule has 2 aromatic heterocycles. The van der Waals surface area contributed by atoms with E-state index >= 15 is 0 Å². The molecular formula is C26H23FN4O. The van der Waals surface area contributed by atoms with Gasteiger partial charge in [0.1, 0.15) is 11.6 Å². The number of aromatic nitrogens is 3. The second kappa shape index (κ2) is 7.71. The predicted molar refractivity (Wildman–Crippen MR) is 122 cm³/mol. The third-order valence-corrected chi connectivity index (χ3v) is 6.08. The van der Waals surface area contributed by atoms with Gasteiger partial charge in [0.2, 0.25) is 0 Å². The van der Waals surface area contributed by atoms with Crippen LogP contribution < -0.4 is 4.90 Å². The zero-order valence-corrected chi connectivity index (χ0v) is 18.3. The Morgan fingerprint density at radius 3 is 2.56 bits per heavy atom. The number of anilines is 1. The fraction of sp³-hybridized carbons (Fsp3) is 0.192. The smallest absolute Gasteiger partial charge is 0.260 e. The number of amides is 1. The first-order chi connectivity index (χ1) is 15.4. The number of rotatable bonds is 2. The van der Waals surface area contributed by atoms with E-state index in [1.165, 1.54) is 12.1 Å². The van der Waals surface area contributed by atoms with Crippen LogP contribution in [0, 0.1) is 26.6 Å². The number of hydrogen-bond acceptors (Lipinski definition) is 3. The summed E-state index contributed by atoms with van der Waals surface area (Å²) in [6.07, 6.45) is 3.48. The van der Waals surface area contributed by atoms with Crippen molar-refractivity contribution in [2.75, 3.05) is 4.90 Å². The number of carbonyl (C=O) groups is 1. The van der Waals surface area contributed by atoms with Gasteiger partial charge in [-0.05, 0) is 67.3 Å². The number of carbonyl (C=O) groups excluding carboxylic acids is 1. The monoisotopic (exact) mass is 426 g/mol. The van der Waals surface area contributed by atoms with Gasteiger partial charge in [-0.2, -0.15) is 5.10 Å². The normalized spacial score (nSPS) is 12.8. The first-order valence-electron chi connectivity index (χ1n) is 10.6. The zero-order chi connectivity index (χ0) is 22.4. The fourth-order valence-electron chi connectivity index (χ4n) is 4.31. The average molecular weight is 426 g/mol. The number of nitrogens with zero attached hydrogens (tertiary/aromatic N) is 4. The number of fused-ring (bicyclic) bond motifs is 2. The lowest BCUT2D eigenvalue weighted by Gasteiger charge is -2.24. The van der Waals surface area contributed by atoms with Crippen molar-refractivity contribution in [1.82, 2.24) is 14.8 Å². The van der Waals surface area contributed by atoms with E-state index in [1.54, 1.807) is 23.4 Å². The molecule has 160 valence electrons. The van der Waals surface area contributed by atoms with Crippen LogP contribution >= 0.6 is 0 Å². The van der Waals surface area contributed by atoms with Crippen molar-refractivity contribution in [2.45, 2.75) is 33.9 Å². The molecule has 5 rings (SSSR count). The molecule has 0 fully saturated rings. The van der Waals surface area contributed by atoms with Crippen LogP contribution in [0.4, 0.5) is 10.2 Å². The molecule has 2 aromatic carbocycles. The lowest BCUT2D eigenvalue weighted by molar-refractivity contribution is 0.0983. The molecule has 0 unspecified atom stereocenters. The summed E-state index contributed by atoms with van der Waals surface area (Å²) < 4.78 is 15.9. The molecule has 5 nitrogen and oxygen atoms in total. The van der Waals surface area contributed by atoms with Gasteiger partial charge in [-0.15, -0.1) is 0 Å². The van der Waals surface area contributed by atoms with Gasteiger partial charge in [0.25, 0.3) is 5.91 Å². The standard InChI is InChI=1S/C26H23FN4O/c1-16-4-5-17(2)22(12-16)21-9-10-28-25-24(21)15-31-20(8-11-29-31)14-30(25)26(32)23-13-19(27)7-6-18(23)3/h4-13H,14-15H2,1-3H3. The lowest BCUT2D eigenvalue weighted by Crippen LogP contribution is -2.32. The molecule has 0 N–H and O–H groups in total. The molecule has 32 heavy (non-hydrogen) atoms. The van der Waals surface area contributed by atoms with E-state index in [9.17, 15) is 9.18 Å². The van der Waals surface area contributed by atoms with E-state index in [0.717, 1.165) is 39.1 Å². The summed E-state index contributed by atoms with van der Waals surface area (Å²) in [4.78, 5) is 20.0. The summed E-state index contributed by atoms with van der Waals surface area (Å²) in [5.74, 6) is -0.123. The summed E-state index contributed by atoms with van der Waals surface area (Å²) in [5, 5.41) is 4.48. The average Bonchev–Trinajstić information content (AvgIpc) is 3.15. The molecule has 1 aliphatic heterocycles. The molecule has 0 saturated heterocycles. The van der Waals surface area contributed by atoms with Gasteiger partial charge in [-0.1, -0.05) is 29.8 Å². The summed E-state index contributed by atoms with van der Waals surface area (Å²) in [7, 11) is 0. The molecular weight excluding hydrogens is 403 g/mol. The lowest BCUT2D eigenvalue weighted by atomic mass is 9.95. The SMILES string of the molecule is Cc1ccc(C)c(-c2ccnc3c2Cn2nccc2CN3C(=O)c2cc(F)ccc2C)c1. The maximum atomic E-state index is 14.0. The van der Waals surface area contributed by atoms with E-state index in [1.807, 2.05) is 23.7 Å². The van der Waals surface area contributed by atoms with E-state index in [2.05, 4.69) is 42.1 Å². The second-order valence-corrected chi connectivity index (χ2v) is 8.31. The van der Waals surface area contributed by atoms with Crippen LogP contribution in [0.5, 0.6) is 0 Å². The molecule has 4 aromatic rings. The Bertz CT molecular complexity index is 1360. The molecule has 0 saturated carbocycles. The highest BCUT2D eigenvalue weighted by Gasteiger charge is 2.29. The quantitative estimate of drug-likeness (QED) is 0.442. The Kier molecular flexibility index (Phi) is 4.85. The Hall–Kier alpha value is -3.80. The Labute approximate surface area is 186 Å². The van der Waals surface area contributed by atoms with Crippen LogP contribution in [0.1, 0.15) is 38.3 Å². The Balaban J connectivity index is 1.73. The van der Waals surface area contributed by atoms with Crippen LogP contribution in [0.25, 0.3) is 11.1 Å². The van der Waals surface area contributed by atoms with E-state index in [-0.39, 0.29) is 5.91 Å². The Morgan fingerprint density at radius 1 is 0.906 bits per heavy atom. The van der Waals surface area contributed by atoms with Gasteiger partial charge >= 0.3 is 0 Å². The van der Waals surface area contributed by atoms with Gasteiger partial charge < -0.3 is 0 Å². The summed E-state index contributed by atoms with van der Waals surface area (Å²) in [6.45, 7) is 6.77. The van der Waals surface area contributed by atoms with Crippen LogP contribution in [0.15, 0.2) is 60.9 Å². The van der Waals surface area contributed by atoms with Crippen LogP contribution in [-0.4, -0.2) is 20.7 Å². The molecule has 0 bridgehead atoms. The fourth-order valence-corrected chi connectivity index (χ4v) is 4.31. The van der Waals surface area contributed by atoms with Crippen molar-refractivity contribution in [3.8, 4) is 11.1 Å². The highest BCUT2D eigenvalue weighted by molar-refractivity contribution is 6.07. The minimum absolute atomic E-state index is 0.275. The van der Waals surface area contributed by atoms with Gasteiger partial charge in [0.15, 0.2) is 0 Å². The molecule has 0 radical (unpaired) electrons. The third-order valence-electron chi connectivity index (χ3n) is 6.08. The minimum Gasteiger partial charge on any atom is -0.286 e. The minimum atomic E-state index is -0.434. The largest absolute Gasteiger partial charge is 0.286 e. The summed E-state index contributed by atoms with van der Waals surface area (Å²) in [6, 6.07) is 14.5. The molecule has 0 atom stereocenters. The van der Waals surface area contributed by atoms with Gasteiger partial charge in [-0.25, -0.2) is 9.37 Å². The van der Waals surface area contributed by atoms with Gasteiger partial charge in [-0.3, -0.25) is 14.4 Å². The molecule has 6 heteroatoms. The molecule has 0 spiro atoms. The Morgan fingerprint density at radius 2 is 1.72 bits per heavy atom. The van der Waals surface area contributed by atoms with Crippen molar-refractivity contribution in [3.05, 3.63) is 100 Å². The van der Waals surface area contributed by atoms with Crippen LogP contribution in [0.3, 0.4) is 0 Å². The van der Waals surface area contributed by atoms with Crippen molar-refractivity contribution in [2.24, 2.45) is 0 Å². The predicted octanol–water partition coefficient (Wildman–Crippen LogP) is 5.22. The topological polar surface area (TPSA) is 51.0 Å². The van der Waals surface area contributed by atoms with Crippen molar-refractivity contribution in [1.29, 1.82) is 0 Å². The van der Waals surface area contributed by atoms with E-state index in [0.29, 0.717) is 24.5 Å².